The highest BCUT2D eigenvalue weighted by Gasteiger charge is 2.35. The minimum atomic E-state index is -0.808. The van der Waals surface area contributed by atoms with Crippen molar-refractivity contribution in [2.24, 2.45) is 0 Å². The molecule has 19 heavy (non-hydrogen) atoms. The van der Waals surface area contributed by atoms with Gasteiger partial charge in [-0.25, -0.2) is 4.98 Å². The molecule has 0 aliphatic carbocycles. The predicted octanol–water partition coefficient (Wildman–Crippen LogP) is -1.66. The zero-order chi connectivity index (χ0) is 13.6. The number of rotatable bonds is 2. The first-order chi connectivity index (χ1) is 9.10. The Morgan fingerprint density at radius 2 is 2.42 bits per heavy atom. The number of imidazole rings is 1. The largest absolute Gasteiger partial charge is 0.394 e. The summed E-state index contributed by atoms with van der Waals surface area (Å²) in [5.74, 6) is -0.0366. The second kappa shape index (κ2) is 4.30. The van der Waals surface area contributed by atoms with Crippen LogP contribution >= 0.6 is 0 Å². The van der Waals surface area contributed by atoms with Crippen LogP contribution in [0.25, 0.3) is 11.2 Å². The fourth-order valence-corrected chi connectivity index (χ4v) is 2.23. The summed E-state index contributed by atoms with van der Waals surface area (Å²) in [5, 5.41) is 19.0. The molecule has 2 unspecified atom stereocenters. The van der Waals surface area contributed by atoms with Crippen LogP contribution in [0.3, 0.4) is 0 Å². The summed E-state index contributed by atoms with van der Waals surface area (Å²) < 4.78 is 6.93. The molecule has 0 saturated carbocycles. The summed E-state index contributed by atoms with van der Waals surface area (Å²) in [4.78, 5) is 21.9. The number of nitrogens with two attached hydrogens (primary N) is 1. The van der Waals surface area contributed by atoms with Crippen molar-refractivity contribution in [2.45, 2.75) is 24.9 Å². The van der Waals surface area contributed by atoms with Crippen molar-refractivity contribution in [3.63, 3.8) is 0 Å². The Hall–Kier alpha value is -1.97. The van der Waals surface area contributed by atoms with E-state index in [1.807, 2.05) is 0 Å². The van der Waals surface area contributed by atoms with Gasteiger partial charge >= 0.3 is 0 Å². The molecular weight excluding hydrogens is 254 g/mol. The monoisotopic (exact) mass is 267 g/mol. The topological polar surface area (TPSA) is 139 Å². The number of hydrogen-bond acceptors (Lipinski definition) is 7. The van der Waals surface area contributed by atoms with Crippen molar-refractivity contribution in [1.29, 1.82) is 0 Å². The van der Waals surface area contributed by atoms with Crippen molar-refractivity contribution in [3.05, 3.63) is 16.7 Å². The third-order valence-corrected chi connectivity index (χ3v) is 3.09. The third kappa shape index (κ3) is 1.87. The van der Waals surface area contributed by atoms with E-state index in [9.17, 15) is 9.90 Å². The van der Waals surface area contributed by atoms with E-state index in [0.29, 0.717) is 6.42 Å². The van der Waals surface area contributed by atoms with Crippen LogP contribution in [0.1, 0.15) is 12.6 Å². The minimum absolute atomic E-state index is 0.0366. The number of ether oxygens (including phenoxy) is 1. The molecule has 0 spiro atoms. The predicted molar refractivity (Wildman–Crippen MR) is 64.2 cm³/mol. The number of hydrogen-bond donors (Lipinski definition) is 4. The first-order valence-electron chi connectivity index (χ1n) is 5.77. The maximum Gasteiger partial charge on any atom is 0.280 e. The van der Waals surface area contributed by atoms with Gasteiger partial charge in [0, 0.05) is 6.42 Å². The van der Waals surface area contributed by atoms with Crippen molar-refractivity contribution in [2.75, 3.05) is 12.3 Å². The first-order valence-corrected chi connectivity index (χ1v) is 5.77. The van der Waals surface area contributed by atoms with Gasteiger partial charge in [-0.1, -0.05) is 0 Å². The number of nitrogen functional groups attached to an aromatic ring is 1. The van der Waals surface area contributed by atoms with Gasteiger partial charge in [0.2, 0.25) is 5.95 Å². The van der Waals surface area contributed by atoms with Gasteiger partial charge in [-0.3, -0.25) is 14.3 Å². The fraction of sp³-hybridized carbons (Fsp3) is 0.500. The van der Waals surface area contributed by atoms with Crippen molar-refractivity contribution in [3.8, 4) is 0 Å². The number of aromatic amines is 1. The third-order valence-electron chi connectivity index (χ3n) is 3.09. The van der Waals surface area contributed by atoms with E-state index in [1.165, 1.54) is 10.9 Å². The van der Waals surface area contributed by atoms with Crippen LogP contribution in [0, 0.1) is 0 Å². The molecule has 5 N–H and O–H groups in total. The summed E-state index contributed by atoms with van der Waals surface area (Å²) in [7, 11) is 0. The van der Waals surface area contributed by atoms with Gasteiger partial charge in [-0.2, -0.15) is 4.98 Å². The second-order valence-electron chi connectivity index (χ2n) is 4.41. The smallest absolute Gasteiger partial charge is 0.280 e. The summed E-state index contributed by atoms with van der Waals surface area (Å²) in [6.07, 6.45) is -0.330. The van der Waals surface area contributed by atoms with Gasteiger partial charge in [0.15, 0.2) is 17.4 Å². The molecule has 3 atom stereocenters. The van der Waals surface area contributed by atoms with Crippen molar-refractivity contribution >= 4 is 17.1 Å². The van der Waals surface area contributed by atoms with Crippen LogP contribution < -0.4 is 11.3 Å². The molecule has 1 aliphatic heterocycles. The lowest BCUT2D eigenvalue weighted by Crippen LogP contribution is -2.20. The zero-order valence-corrected chi connectivity index (χ0v) is 9.85. The number of aliphatic hydroxyl groups excluding tert-OH is 2. The quantitative estimate of drug-likeness (QED) is 0.510. The Balaban J connectivity index is 2.09. The Labute approximate surface area is 106 Å². The SMILES string of the molecule is Nc1nc2c(ncn2C2OC(CO)C[C@@H]2O)c(=O)[nH]1. The van der Waals surface area contributed by atoms with E-state index in [-0.39, 0.29) is 23.7 Å². The van der Waals surface area contributed by atoms with Gasteiger partial charge in [-0.05, 0) is 0 Å². The Morgan fingerprint density at radius 1 is 1.63 bits per heavy atom. The average Bonchev–Trinajstić information content (AvgIpc) is 2.92. The number of nitrogens with one attached hydrogen (secondary N) is 1. The van der Waals surface area contributed by atoms with E-state index in [2.05, 4.69) is 15.0 Å². The highest BCUT2D eigenvalue weighted by atomic mass is 16.5. The number of nitrogens with zero attached hydrogens (tertiary/aromatic N) is 3. The molecule has 9 heteroatoms. The lowest BCUT2D eigenvalue weighted by Gasteiger charge is -2.16. The number of aliphatic hydroxyl groups is 2. The highest BCUT2D eigenvalue weighted by Crippen LogP contribution is 2.30. The molecule has 2 aromatic heterocycles. The lowest BCUT2D eigenvalue weighted by atomic mass is 10.2. The molecule has 0 amide bonds. The van der Waals surface area contributed by atoms with E-state index in [4.69, 9.17) is 15.6 Å². The fourth-order valence-electron chi connectivity index (χ4n) is 2.23. The van der Waals surface area contributed by atoms with Crippen LogP contribution in [-0.2, 0) is 4.74 Å². The molecule has 9 nitrogen and oxygen atoms in total. The van der Waals surface area contributed by atoms with Crippen LogP contribution in [-0.4, -0.2) is 48.5 Å². The Bertz CT molecular complexity index is 665. The maximum atomic E-state index is 11.6. The lowest BCUT2D eigenvalue weighted by molar-refractivity contribution is -0.0486. The molecule has 0 bridgehead atoms. The standard InChI is InChI=1S/C10H13N5O4/c11-10-13-7-6(8(18)14-10)12-3-15(7)9-5(17)1-4(2-16)19-9/h3-5,9,16-17H,1-2H2,(H3,11,13,14,18)/t4?,5-,9?/m0/s1. The van der Waals surface area contributed by atoms with Crippen molar-refractivity contribution in [1.82, 2.24) is 19.5 Å². The molecule has 1 saturated heterocycles. The van der Waals surface area contributed by atoms with Crippen molar-refractivity contribution < 1.29 is 14.9 Å². The first kappa shape index (κ1) is 12.1. The molecule has 1 fully saturated rings. The van der Waals surface area contributed by atoms with Crippen LogP contribution in [0.4, 0.5) is 5.95 Å². The summed E-state index contributed by atoms with van der Waals surface area (Å²) in [6.45, 7) is -0.184. The minimum Gasteiger partial charge on any atom is -0.394 e. The number of H-pyrrole nitrogens is 1. The van der Waals surface area contributed by atoms with Gasteiger partial charge in [0.25, 0.3) is 5.56 Å². The molecule has 102 valence electrons. The molecule has 2 aromatic rings. The number of fused-ring (bicyclic) bond motifs is 1. The second-order valence-corrected chi connectivity index (χ2v) is 4.41. The van der Waals surface area contributed by atoms with Gasteiger partial charge in [0.05, 0.1) is 19.0 Å². The molecule has 1 aliphatic rings. The zero-order valence-electron chi connectivity index (χ0n) is 9.85. The van der Waals surface area contributed by atoms with Gasteiger partial charge < -0.3 is 20.7 Å². The normalized spacial score (nSPS) is 27.2. The molecular formula is C10H13N5O4. The van der Waals surface area contributed by atoms with Crippen LogP contribution in [0.15, 0.2) is 11.1 Å². The Kier molecular flexibility index (Phi) is 2.73. The van der Waals surface area contributed by atoms with E-state index < -0.39 is 24.0 Å². The molecule has 3 heterocycles. The summed E-state index contributed by atoms with van der Waals surface area (Å²) in [6, 6.07) is 0. The van der Waals surface area contributed by atoms with Gasteiger partial charge in [-0.15, -0.1) is 0 Å². The average molecular weight is 267 g/mol. The van der Waals surface area contributed by atoms with Crippen LogP contribution in [0.5, 0.6) is 0 Å². The highest BCUT2D eigenvalue weighted by molar-refractivity contribution is 5.70. The molecule has 3 rings (SSSR count). The molecule has 0 aromatic carbocycles. The number of aromatic nitrogens is 4. The summed E-state index contributed by atoms with van der Waals surface area (Å²) >= 11 is 0. The maximum absolute atomic E-state index is 11.6. The Morgan fingerprint density at radius 3 is 3.11 bits per heavy atom. The van der Waals surface area contributed by atoms with E-state index >= 15 is 0 Å². The van der Waals surface area contributed by atoms with Crippen LogP contribution in [0.2, 0.25) is 0 Å². The van der Waals surface area contributed by atoms with Gasteiger partial charge in [0.1, 0.15) is 6.10 Å². The number of anilines is 1. The summed E-state index contributed by atoms with van der Waals surface area (Å²) in [5.41, 5.74) is 5.40. The van der Waals surface area contributed by atoms with E-state index in [0.717, 1.165) is 0 Å². The molecule has 0 radical (unpaired) electrons. The van der Waals surface area contributed by atoms with E-state index in [1.54, 1.807) is 0 Å².